The summed E-state index contributed by atoms with van der Waals surface area (Å²) in [7, 11) is 0. The first kappa shape index (κ1) is 13.3. The van der Waals surface area contributed by atoms with Crippen LogP contribution in [0.2, 0.25) is 0 Å². The number of hydrogen-bond acceptors (Lipinski definition) is 1. The predicted molar refractivity (Wildman–Crippen MR) is 58.5 cm³/mol. The van der Waals surface area contributed by atoms with Crippen LogP contribution in [0.1, 0.15) is 5.56 Å². The highest BCUT2D eigenvalue weighted by molar-refractivity contribution is 5.67. The Labute approximate surface area is 104 Å². The molecule has 0 unspecified atom stereocenters. The third-order valence-electron chi connectivity index (χ3n) is 2.48. The summed E-state index contributed by atoms with van der Waals surface area (Å²) in [6, 6.07) is 4.53. The van der Waals surface area contributed by atoms with Crippen molar-refractivity contribution < 1.29 is 27.1 Å². The summed E-state index contributed by atoms with van der Waals surface area (Å²) in [6.07, 6.45) is -4.68. The fraction of sp³-hybridized carbons (Fsp3) is 0.0769. The largest absolute Gasteiger partial charge is 0.508 e. The number of alkyl halides is 3. The average molecular weight is 274 g/mol. The molecular weight excluding hydrogens is 267 g/mol. The van der Waals surface area contributed by atoms with Gasteiger partial charge < -0.3 is 5.11 Å². The fourth-order valence-corrected chi connectivity index (χ4v) is 1.65. The summed E-state index contributed by atoms with van der Waals surface area (Å²) in [6.45, 7) is 0. The van der Waals surface area contributed by atoms with Crippen LogP contribution in [0.3, 0.4) is 0 Å². The van der Waals surface area contributed by atoms with E-state index in [4.69, 9.17) is 0 Å². The van der Waals surface area contributed by atoms with Crippen LogP contribution in [0.4, 0.5) is 22.0 Å². The van der Waals surface area contributed by atoms with E-state index in [0.29, 0.717) is 12.1 Å². The van der Waals surface area contributed by atoms with Gasteiger partial charge in [0.2, 0.25) is 0 Å². The summed E-state index contributed by atoms with van der Waals surface area (Å²) in [4.78, 5) is 0. The summed E-state index contributed by atoms with van der Waals surface area (Å²) in [5.74, 6) is -2.33. The third kappa shape index (κ3) is 2.83. The van der Waals surface area contributed by atoms with E-state index in [2.05, 4.69) is 0 Å². The van der Waals surface area contributed by atoms with Gasteiger partial charge in [-0.05, 0) is 42.0 Å². The molecule has 0 saturated heterocycles. The first-order valence-corrected chi connectivity index (χ1v) is 5.14. The molecule has 0 radical (unpaired) electrons. The number of phenolic OH excluding ortho intramolecular Hbond substituents is 1. The lowest BCUT2D eigenvalue weighted by Gasteiger charge is -2.10. The lowest BCUT2D eigenvalue weighted by atomic mass is 10.0. The van der Waals surface area contributed by atoms with E-state index in [1.165, 1.54) is 0 Å². The van der Waals surface area contributed by atoms with Crippen molar-refractivity contribution in [2.75, 3.05) is 0 Å². The average Bonchev–Trinajstić information content (AvgIpc) is 2.30. The lowest BCUT2D eigenvalue weighted by Crippen LogP contribution is -2.04. The first-order valence-electron chi connectivity index (χ1n) is 5.14. The Morgan fingerprint density at radius 2 is 1.58 bits per heavy atom. The van der Waals surface area contributed by atoms with Crippen LogP contribution < -0.4 is 0 Å². The molecule has 2 aromatic rings. The first-order chi connectivity index (χ1) is 8.77. The summed E-state index contributed by atoms with van der Waals surface area (Å²) < 4.78 is 64.2. The molecule has 0 heterocycles. The summed E-state index contributed by atoms with van der Waals surface area (Å²) in [5, 5.41) is 9.26. The van der Waals surface area contributed by atoms with E-state index in [1.54, 1.807) is 0 Å². The van der Waals surface area contributed by atoms with Crippen LogP contribution in [0.5, 0.6) is 5.75 Å². The molecule has 0 aliphatic rings. The molecule has 2 rings (SSSR count). The van der Waals surface area contributed by atoms with Gasteiger partial charge in [-0.3, -0.25) is 0 Å². The number of phenols is 1. The van der Waals surface area contributed by atoms with Gasteiger partial charge in [-0.25, -0.2) is 8.78 Å². The third-order valence-corrected chi connectivity index (χ3v) is 2.48. The van der Waals surface area contributed by atoms with Crippen molar-refractivity contribution in [3.05, 3.63) is 53.6 Å². The van der Waals surface area contributed by atoms with E-state index >= 15 is 0 Å². The van der Waals surface area contributed by atoms with Gasteiger partial charge in [0.05, 0.1) is 5.56 Å². The molecular formula is C13H7F5O. The minimum atomic E-state index is -4.68. The van der Waals surface area contributed by atoms with Gasteiger partial charge in [0, 0.05) is 5.56 Å². The van der Waals surface area contributed by atoms with E-state index < -0.39 is 29.1 Å². The highest BCUT2D eigenvalue weighted by Crippen LogP contribution is 2.36. The number of aromatic hydroxyl groups is 1. The quantitative estimate of drug-likeness (QED) is 0.766. The van der Waals surface area contributed by atoms with Gasteiger partial charge in [-0.1, -0.05) is 0 Å². The number of benzene rings is 2. The maximum atomic E-state index is 13.5. The second-order valence-corrected chi connectivity index (χ2v) is 3.89. The Bertz CT molecular complexity index is 619. The monoisotopic (exact) mass is 274 g/mol. The molecule has 0 amide bonds. The van der Waals surface area contributed by atoms with Crippen LogP contribution in [-0.2, 0) is 6.18 Å². The highest BCUT2D eigenvalue weighted by Gasteiger charge is 2.31. The van der Waals surface area contributed by atoms with Crippen molar-refractivity contribution in [1.29, 1.82) is 0 Å². The Morgan fingerprint density at radius 3 is 2.21 bits per heavy atom. The maximum Gasteiger partial charge on any atom is 0.416 e. The molecule has 1 nitrogen and oxygen atoms in total. The van der Waals surface area contributed by atoms with Crippen LogP contribution in [0.15, 0.2) is 36.4 Å². The zero-order valence-corrected chi connectivity index (χ0v) is 9.30. The molecule has 0 atom stereocenters. The highest BCUT2D eigenvalue weighted by atomic mass is 19.4. The zero-order chi connectivity index (χ0) is 14.2. The number of hydrogen-bond donors (Lipinski definition) is 1. The second kappa shape index (κ2) is 4.53. The molecule has 2 aromatic carbocycles. The molecule has 0 aliphatic carbocycles. The van der Waals surface area contributed by atoms with E-state index in [1.807, 2.05) is 0 Å². The van der Waals surface area contributed by atoms with Crippen molar-refractivity contribution in [3.63, 3.8) is 0 Å². The molecule has 100 valence electrons. The van der Waals surface area contributed by atoms with Crippen molar-refractivity contribution >= 4 is 0 Å². The van der Waals surface area contributed by atoms with E-state index in [0.717, 1.165) is 24.3 Å². The smallest absolute Gasteiger partial charge is 0.416 e. The normalized spacial score (nSPS) is 11.6. The van der Waals surface area contributed by atoms with Gasteiger partial charge in [0.25, 0.3) is 0 Å². The molecule has 0 fully saturated rings. The predicted octanol–water partition coefficient (Wildman–Crippen LogP) is 4.36. The van der Waals surface area contributed by atoms with E-state index in [9.17, 15) is 27.1 Å². The Morgan fingerprint density at radius 1 is 0.895 bits per heavy atom. The topological polar surface area (TPSA) is 20.2 Å². The molecule has 6 heteroatoms. The van der Waals surface area contributed by atoms with Crippen LogP contribution in [-0.4, -0.2) is 5.11 Å². The molecule has 0 aromatic heterocycles. The number of rotatable bonds is 1. The van der Waals surface area contributed by atoms with Gasteiger partial charge in [0.1, 0.15) is 17.4 Å². The van der Waals surface area contributed by atoms with Gasteiger partial charge >= 0.3 is 6.18 Å². The van der Waals surface area contributed by atoms with Crippen molar-refractivity contribution in [3.8, 4) is 16.9 Å². The molecule has 0 saturated carbocycles. The second-order valence-electron chi connectivity index (χ2n) is 3.89. The Kier molecular flexibility index (Phi) is 3.18. The molecule has 0 bridgehead atoms. The van der Waals surface area contributed by atoms with Gasteiger partial charge in [-0.2, -0.15) is 13.2 Å². The number of halogens is 5. The van der Waals surface area contributed by atoms with E-state index in [-0.39, 0.29) is 11.1 Å². The molecule has 1 N–H and O–H groups in total. The van der Waals surface area contributed by atoms with Crippen LogP contribution in [0, 0.1) is 11.6 Å². The Balaban J connectivity index is 2.63. The zero-order valence-electron chi connectivity index (χ0n) is 9.30. The SMILES string of the molecule is Oc1cc(-c2cc(F)ccc2F)cc(C(F)(F)F)c1. The minimum Gasteiger partial charge on any atom is -0.508 e. The van der Waals surface area contributed by atoms with Crippen LogP contribution >= 0.6 is 0 Å². The summed E-state index contributed by atoms with van der Waals surface area (Å²) in [5.41, 5.74) is -1.73. The van der Waals surface area contributed by atoms with Gasteiger partial charge in [0.15, 0.2) is 0 Å². The standard InChI is InChI=1S/C13H7F5O/c14-9-1-2-12(15)11(6-9)7-3-8(13(16,17)18)5-10(19)4-7/h1-6,19H. The lowest BCUT2D eigenvalue weighted by molar-refractivity contribution is -0.137. The van der Waals surface area contributed by atoms with Crippen molar-refractivity contribution in [2.45, 2.75) is 6.18 Å². The van der Waals surface area contributed by atoms with Gasteiger partial charge in [-0.15, -0.1) is 0 Å². The fourth-order valence-electron chi connectivity index (χ4n) is 1.65. The van der Waals surface area contributed by atoms with Crippen molar-refractivity contribution in [1.82, 2.24) is 0 Å². The van der Waals surface area contributed by atoms with Crippen LogP contribution in [0.25, 0.3) is 11.1 Å². The molecule has 19 heavy (non-hydrogen) atoms. The minimum absolute atomic E-state index is 0.246. The summed E-state index contributed by atoms with van der Waals surface area (Å²) >= 11 is 0. The van der Waals surface area contributed by atoms with Crippen molar-refractivity contribution in [2.24, 2.45) is 0 Å². The molecule has 0 aliphatic heterocycles. The molecule has 0 spiro atoms. The maximum absolute atomic E-state index is 13.5. The Hall–Kier alpha value is -2.11.